The first-order valence-corrected chi connectivity index (χ1v) is 7.81. The van der Waals surface area contributed by atoms with Crippen LogP contribution in [0.5, 0.6) is 0 Å². The molecule has 0 aromatic carbocycles. The zero-order valence-corrected chi connectivity index (χ0v) is 10.1. The molecule has 0 heterocycles. The fraction of sp³-hybridized carbons (Fsp3) is 1.00. The smallest absolute Gasteiger partial charge is 0.171 e. The van der Waals surface area contributed by atoms with Crippen molar-refractivity contribution in [3.63, 3.8) is 0 Å². The Kier molecular flexibility index (Phi) is 49.9. The van der Waals surface area contributed by atoms with E-state index in [0.717, 1.165) is 11.1 Å². The van der Waals surface area contributed by atoms with Crippen LogP contribution in [0.15, 0.2) is 0 Å². The summed E-state index contributed by atoms with van der Waals surface area (Å²) in [7, 11) is 0. The van der Waals surface area contributed by atoms with Crippen molar-refractivity contribution in [2.24, 2.45) is 0 Å². The second kappa shape index (κ2) is 30.2. The van der Waals surface area contributed by atoms with Crippen LogP contribution in [0.3, 0.4) is 0 Å². The summed E-state index contributed by atoms with van der Waals surface area (Å²) in [6.45, 7) is 0.944. The van der Waals surface area contributed by atoms with E-state index >= 15 is 0 Å². The second-order valence-corrected chi connectivity index (χ2v) is 6.30. The van der Waals surface area contributed by atoms with E-state index in [-0.39, 0.29) is 26.2 Å². The largest absolute Gasteiger partial charge is 0.679 e. The van der Waals surface area contributed by atoms with Crippen LogP contribution in [0.4, 0.5) is 0 Å². The molecule has 0 unspecified atom stereocenters. The quantitative estimate of drug-likeness (QED) is 0.732. The number of hydrogen-bond acceptors (Lipinski definition) is 0. The second-order valence-electron chi connectivity index (χ2n) is 1.05. The Labute approximate surface area is 88.3 Å². The fourth-order valence-corrected chi connectivity index (χ4v) is 0. The van der Waals surface area contributed by atoms with Crippen LogP contribution in [0.25, 0.3) is 22.9 Å². The fourth-order valence-electron chi connectivity index (χ4n) is 0. The normalized spacial score (nSPS) is 7.45. The summed E-state index contributed by atoms with van der Waals surface area (Å²) < 4.78 is 0. The Morgan fingerprint density at radius 3 is 0.818 bits per heavy atom. The van der Waals surface area contributed by atoms with Crippen molar-refractivity contribution in [2.45, 2.75) is 0 Å². The van der Waals surface area contributed by atoms with Crippen molar-refractivity contribution < 1.29 is 11.1 Å². The molecular weight excluding hydrogens is 323 g/mol. The SMILES string of the molecule is [Br][Co][Br].[NH-]CC[NH-].[NH-]CC[NH-]. The van der Waals surface area contributed by atoms with Gasteiger partial charge in [-0.1, -0.05) is 0 Å². The molecule has 0 bridgehead atoms. The summed E-state index contributed by atoms with van der Waals surface area (Å²) in [6, 6.07) is 0. The molecule has 75 valence electrons. The van der Waals surface area contributed by atoms with E-state index in [1.165, 1.54) is 0 Å². The molecule has 4 N–H and O–H groups in total. The van der Waals surface area contributed by atoms with Crippen LogP contribution in [-0.2, 0) is 11.1 Å². The van der Waals surface area contributed by atoms with Crippen molar-refractivity contribution in [1.82, 2.24) is 0 Å². The van der Waals surface area contributed by atoms with E-state index in [4.69, 9.17) is 22.9 Å². The summed E-state index contributed by atoms with van der Waals surface area (Å²) in [5, 5.41) is 0. The molecule has 0 saturated heterocycles. The van der Waals surface area contributed by atoms with E-state index in [2.05, 4.69) is 28.3 Å². The maximum atomic E-state index is 6.26. The third-order valence-corrected chi connectivity index (χ3v) is 0.250. The van der Waals surface area contributed by atoms with Crippen molar-refractivity contribution in [3.05, 3.63) is 22.9 Å². The Balaban J connectivity index is -0.0000000886. The molecule has 0 spiro atoms. The van der Waals surface area contributed by atoms with Gasteiger partial charge in [-0.05, 0) is 0 Å². The van der Waals surface area contributed by atoms with Crippen LogP contribution in [0.2, 0.25) is 0 Å². The molecule has 0 aliphatic heterocycles. The van der Waals surface area contributed by atoms with E-state index in [0.29, 0.717) is 0 Å². The topological polar surface area (TPSA) is 95.2 Å². The predicted octanol–water partition coefficient (Wildman–Crippen LogP) is 3.87. The molecule has 7 heteroatoms. The van der Waals surface area contributed by atoms with Crippen LogP contribution in [-0.4, -0.2) is 26.2 Å². The minimum Gasteiger partial charge on any atom is -0.679 e. The molecule has 0 amide bonds. The number of nitrogens with one attached hydrogen (secondary N) is 4. The van der Waals surface area contributed by atoms with Crippen LogP contribution < -0.4 is 0 Å². The average Bonchev–Trinajstić information content (AvgIpc) is 2.06. The molecule has 4 nitrogen and oxygen atoms in total. The van der Waals surface area contributed by atoms with Gasteiger partial charge in [0.25, 0.3) is 0 Å². The molecule has 0 aliphatic carbocycles. The van der Waals surface area contributed by atoms with Crippen LogP contribution >= 0.6 is 28.3 Å². The zero-order valence-electron chi connectivity index (χ0n) is 5.92. The Hall–Kier alpha value is 1.31. The van der Waals surface area contributed by atoms with Crippen LogP contribution in [0.1, 0.15) is 0 Å². The van der Waals surface area contributed by atoms with Gasteiger partial charge >= 0.3 is 39.5 Å². The number of hydrogen-bond donors (Lipinski definition) is 0. The standard InChI is InChI=1S/2C2H6N2.2BrH.Co/c2*3-1-2-4;;;/h2*3-4H,1-2H2;2*1H;/q2*-2;;;+2/p-2. The number of rotatable bonds is 2. The first-order chi connectivity index (χ1) is 5.24. The van der Waals surface area contributed by atoms with E-state index in [1.807, 2.05) is 0 Å². The molecular formula is C4H12Br2CoN4-4. The van der Waals surface area contributed by atoms with E-state index in [9.17, 15) is 0 Å². The summed E-state index contributed by atoms with van der Waals surface area (Å²) in [6.07, 6.45) is 0. The first kappa shape index (κ1) is 18.2. The average molecular weight is 335 g/mol. The van der Waals surface area contributed by atoms with Gasteiger partial charge in [-0.3, -0.25) is 0 Å². The summed E-state index contributed by atoms with van der Waals surface area (Å²) >= 11 is 7.12. The van der Waals surface area contributed by atoms with Gasteiger partial charge in [0.2, 0.25) is 0 Å². The minimum absolute atomic E-state index is 0.236. The first-order valence-electron chi connectivity index (χ1n) is 2.67. The van der Waals surface area contributed by atoms with E-state index in [1.54, 1.807) is 0 Å². The molecule has 0 atom stereocenters. The van der Waals surface area contributed by atoms with Gasteiger partial charge in [0.05, 0.1) is 0 Å². The Morgan fingerprint density at radius 1 is 0.727 bits per heavy atom. The third-order valence-electron chi connectivity index (χ3n) is 0.250. The van der Waals surface area contributed by atoms with Gasteiger partial charge in [-0.25, -0.2) is 0 Å². The molecule has 0 aromatic rings. The van der Waals surface area contributed by atoms with Gasteiger partial charge in [0.1, 0.15) is 0 Å². The van der Waals surface area contributed by atoms with Gasteiger partial charge in [-0.2, -0.15) is 26.2 Å². The number of halogens is 2. The molecule has 0 saturated carbocycles. The minimum atomic E-state index is 0.236. The summed E-state index contributed by atoms with van der Waals surface area (Å²) in [5.74, 6) is 0. The van der Waals surface area contributed by atoms with Crippen molar-refractivity contribution in [1.29, 1.82) is 0 Å². The summed E-state index contributed by atoms with van der Waals surface area (Å²) in [4.78, 5) is 0. The molecule has 0 rings (SSSR count). The molecule has 0 fully saturated rings. The van der Waals surface area contributed by atoms with Crippen LogP contribution in [0, 0.1) is 0 Å². The Bertz CT molecular complexity index is 35.3. The monoisotopic (exact) mass is 333 g/mol. The molecule has 0 aliphatic rings. The third kappa shape index (κ3) is 89.6. The van der Waals surface area contributed by atoms with Crippen molar-refractivity contribution in [2.75, 3.05) is 26.2 Å². The maximum absolute atomic E-state index is 6.26. The van der Waals surface area contributed by atoms with Gasteiger partial charge in [0, 0.05) is 0 Å². The van der Waals surface area contributed by atoms with E-state index < -0.39 is 0 Å². The Morgan fingerprint density at radius 2 is 0.818 bits per heavy atom. The maximum Gasteiger partial charge on any atom is -0.171 e. The summed E-state index contributed by atoms with van der Waals surface area (Å²) in [5.41, 5.74) is 25.1. The van der Waals surface area contributed by atoms with Crippen molar-refractivity contribution in [3.8, 4) is 0 Å². The molecule has 0 radical (unpaired) electrons. The van der Waals surface area contributed by atoms with Gasteiger partial charge < -0.3 is 22.9 Å². The molecule has 0 aromatic heterocycles. The van der Waals surface area contributed by atoms with Gasteiger partial charge in [0.15, 0.2) is 0 Å². The zero-order chi connectivity index (χ0) is 9.54. The molecule has 11 heavy (non-hydrogen) atoms. The van der Waals surface area contributed by atoms with Gasteiger partial charge in [-0.15, -0.1) is 0 Å². The van der Waals surface area contributed by atoms with Crippen molar-refractivity contribution >= 4 is 28.3 Å². The predicted molar refractivity (Wildman–Crippen MR) is 54.6 cm³/mol.